The number of pyridine rings is 1. The van der Waals surface area contributed by atoms with Gasteiger partial charge in [-0.2, -0.15) is 5.10 Å². The van der Waals surface area contributed by atoms with Crippen molar-refractivity contribution in [1.29, 1.82) is 0 Å². The van der Waals surface area contributed by atoms with Crippen LogP contribution < -0.4 is 4.90 Å². The normalized spacial score (nSPS) is 14.6. The predicted molar refractivity (Wildman–Crippen MR) is 76.2 cm³/mol. The first-order valence-corrected chi connectivity index (χ1v) is 6.57. The zero-order valence-electron chi connectivity index (χ0n) is 10.5. The molecule has 0 radical (unpaired) electrons. The lowest BCUT2D eigenvalue weighted by Crippen LogP contribution is -2.37. The van der Waals surface area contributed by atoms with Crippen molar-refractivity contribution < 1.29 is 0 Å². The van der Waals surface area contributed by atoms with Gasteiger partial charge in [-0.15, -0.1) is 0 Å². The molecule has 1 N–H and O–H groups in total. The average molecular weight is 250 g/mol. The van der Waals surface area contributed by atoms with Crippen molar-refractivity contribution in [1.82, 2.24) is 15.2 Å². The molecule has 0 spiro atoms. The Hall–Kier alpha value is -2.36. The van der Waals surface area contributed by atoms with Gasteiger partial charge >= 0.3 is 0 Å². The summed E-state index contributed by atoms with van der Waals surface area (Å²) in [6, 6.07) is 14.4. The minimum atomic E-state index is 0.864. The van der Waals surface area contributed by atoms with Gasteiger partial charge in [-0.1, -0.05) is 30.3 Å². The van der Waals surface area contributed by atoms with Crippen LogP contribution in [0, 0.1) is 0 Å². The van der Waals surface area contributed by atoms with Gasteiger partial charge < -0.3 is 4.90 Å². The third-order valence-electron chi connectivity index (χ3n) is 3.64. The molecule has 0 atom stereocenters. The van der Waals surface area contributed by atoms with E-state index in [1.807, 2.05) is 18.2 Å². The van der Waals surface area contributed by atoms with Gasteiger partial charge in [-0.25, -0.2) is 4.98 Å². The number of H-pyrrole nitrogens is 1. The topological polar surface area (TPSA) is 44.8 Å². The van der Waals surface area contributed by atoms with Crippen LogP contribution in [0.15, 0.2) is 42.5 Å². The summed E-state index contributed by atoms with van der Waals surface area (Å²) in [7, 11) is 0. The average Bonchev–Trinajstić information content (AvgIpc) is 2.81. The van der Waals surface area contributed by atoms with Crippen LogP contribution in [0.3, 0.4) is 0 Å². The van der Waals surface area contributed by atoms with E-state index < -0.39 is 0 Å². The molecule has 94 valence electrons. The summed E-state index contributed by atoms with van der Waals surface area (Å²) < 4.78 is 0. The third kappa shape index (κ3) is 1.68. The smallest absolute Gasteiger partial charge is 0.158 e. The van der Waals surface area contributed by atoms with Crippen LogP contribution >= 0.6 is 0 Å². The summed E-state index contributed by atoms with van der Waals surface area (Å²) in [5, 5.41) is 8.53. The first kappa shape index (κ1) is 10.6. The minimum Gasteiger partial charge on any atom is -0.356 e. The monoisotopic (exact) mass is 250 g/mol. The summed E-state index contributed by atoms with van der Waals surface area (Å²) in [6.45, 7) is 2.22. The van der Waals surface area contributed by atoms with Crippen molar-refractivity contribution in [2.75, 3.05) is 18.0 Å². The van der Waals surface area contributed by atoms with Gasteiger partial charge in [0.05, 0.1) is 0 Å². The zero-order valence-corrected chi connectivity index (χ0v) is 10.5. The number of anilines is 1. The number of hydrogen-bond donors (Lipinski definition) is 1. The number of nitrogens with one attached hydrogen (secondary N) is 1. The largest absolute Gasteiger partial charge is 0.356 e. The van der Waals surface area contributed by atoms with Gasteiger partial charge in [-0.3, -0.25) is 5.10 Å². The number of rotatable bonds is 2. The molecule has 2 aromatic heterocycles. The minimum absolute atomic E-state index is 0.864. The fourth-order valence-electron chi connectivity index (χ4n) is 2.43. The number of hydrogen-bond acceptors (Lipinski definition) is 3. The highest BCUT2D eigenvalue weighted by atomic mass is 15.2. The van der Waals surface area contributed by atoms with Crippen LogP contribution in [0.2, 0.25) is 0 Å². The number of nitrogens with zero attached hydrogens (tertiary/aromatic N) is 3. The highest BCUT2D eigenvalue weighted by molar-refractivity contribution is 5.91. The predicted octanol–water partition coefficient (Wildman–Crippen LogP) is 2.84. The van der Waals surface area contributed by atoms with Crippen LogP contribution in [-0.2, 0) is 0 Å². The van der Waals surface area contributed by atoms with E-state index in [9.17, 15) is 0 Å². The molecule has 4 rings (SSSR count). The highest BCUT2D eigenvalue weighted by Crippen LogP contribution is 2.27. The fourth-order valence-corrected chi connectivity index (χ4v) is 2.43. The molecular weight excluding hydrogens is 236 g/mol. The zero-order chi connectivity index (χ0) is 12.7. The van der Waals surface area contributed by atoms with Crippen molar-refractivity contribution in [3.8, 4) is 11.3 Å². The number of fused-ring (bicyclic) bond motifs is 1. The van der Waals surface area contributed by atoms with Gasteiger partial charge in [0, 0.05) is 24.0 Å². The molecule has 4 nitrogen and oxygen atoms in total. The molecule has 0 amide bonds. The lowest BCUT2D eigenvalue weighted by atomic mass is 10.1. The van der Waals surface area contributed by atoms with Crippen LogP contribution in [0.4, 0.5) is 5.82 Å². The molecule has 3 aromatic rings. The first-order valence-electron chi connectivity index (χ1n) is 6.57. The van der Waals surface area contributed by atoms with Crippen molar-refractivity contribution in [2.45, 2.75) is 6.42 Å². The Balaban J connectivity index is 1.82. The van der Waals surface area contributed by atoms with Gasteiger partial charge in [0.25, 0.3) is 0 Å². The second kappa shape index (κ2) is 4.09. The molecule has 3 heterocycles. The summed E-state index contributed by atoms with van der Waals surface area (Å²) in [6.07, 6.45) is 1.26. The maximum absolute atomic E-state index is 4.65. The van der Waals surface area contributed by atoms with Crippen LogP contribution in [0.25, 0.3) is 22.3 Å². The molecule has 1 aliphatic heterocycles. The molecule has 0 aliphatic carbocycles. The molecule has 19 heavy (non-hydrogen) atoms. The maximum atomic E-state index is 4.65. The van der Waals surface area contributed by atoms with Gasteiger partial charge in [0.1, 0.15) is 11.5 Å². The molecule has 1 saturated heterocycles. The third-order valence-corrected chi connectivity index (χ3v) is 3.64. The molecule has 1 fully saturated rings. The Morgan fingerprint density at radius 3 is 2.58 bits per heavy atom. The van der Waals surface area contributed by atoms with E-state index >= 15 is 0 Å². The van der Waals surface area contributed by atoms with Gasteiger partial charge in [0.2, 0.25) is 0 Å². The lowest BCUT2D eigenvalue weighted by molar-refractivity contribution is 0.610. The fraction of sp³-hybridized carbons (Fsp3) is 0.200. The first-order chi connectivity index (χ1) is 9.42. The Morgan fingerprint density at radius 2 is 1.84 bits per heavy atom. The van der Waals surface area contributed by atoms with E-state index in [-0.39, 0.29) is 0 Å². The van der Waals surface area contributed by atoms with Gasteiger partial charge in [0.15, 0.2) is 5.65 Å². The standard InChI is InChI=1S/C15H14N4/c1-2-5-11(6-3-1)14-12-7-8-13(19-9-4-10-19)16-15(12)18-17-14/h1-3,5-8H,4,9-10H2,(H,16,17,18). The summed E-state index contributed by atoms with van der Waals surface area (Å²) in [5.41, 5.74) is 2.95. The van der Waals surface area contributed by atoms with Crippen LogP contribution in [-0.4, -0.2) is 28.3 Å². The van der Waals surface area contributed by atoms with E-state index in [1.54, 1.807) is 0 Å². The summed E-state index contributed by atoms with van der Waals surface area (Å²) >= 11 is 0. The Morgan fingerprint density at radius 1 is 1.00 bits per heavy atom. The van der Waals surface area contributed by atoms with Crippen molar-refractivity contribution >= 4 is 16.9 Å². The molecule has 0 saturated carbocycles. The number of aromatic nitrogens is 3. The van der Waals surface area contributed by atoms with Crippen LogP contribution in [0.5, 0.6) is 0 Å². The Kier molecular flexibility index (Phi) is 2.27. The Bertz CT molecular complexity index is 713. The Labute approximate surface area is 111 Å². The molecule has 4 heteroatoms. The summed E-state index contributed by atoms with van der Waals surface area (Å²) in [4.78, 5) is 6.93. The summed E-state index contributed by atoms with van der Waals surface area (Å²) in [5.74, 6) is 1.04. The van der Waals surface area contributed by atoms with E-state index in [2.05, 4.69) is 44.3 Å². The van der Waals surface area contributed by atoms with Gasteiger partial charge in [-0.05, 0) is 18.6 Å². The van der Waals surface area contributed by atoms with Crippen LogP contribution in [0.1, 0.15) is 6.42 Å². The molecule has 1 aromatic carbocycles. The molecule has 0 bridgehead atoms. The van der Waals surface area contributed by atoms with Crippen molar-refractivity contribution in [3.05, 3.63) is 42.5 Å². The SMILES string of the molecule is c1ccc(-c2n[nH]c3nc(N4CCC4)ccc23)cc1. The van der Waals surface area contributed by atoms with E-state index in [4.69, 9.17) is 0 Å². The second-order valence-corrected chi connectivity index (χ2v) is 4.84. The van der Waals surface area contributed by atoms with E-state index in [0.29, 0.717) is 0 Å². The molecule has 1 aliphatic rings. The quantitative estimate of drug-likeness (QED) is 0.760. The van der Waals surface area contributed by atoms with Crippen molar-refractivity contribution in [3.63, 3.8) is 0 Å². The lowest BCUT2D eigenvalue weighted by Gasteiger charge is -2.31. The second-order valence-electron chi connectivity index (χ2n) is 4.84. The van der Waals surface area contributed by atoms with E-state index in [0.717, 1.165) is 41.2 Å². The molecular formula is C15H14N4. The van der Waals surface area contributed by atoms with Crippen molar-refractivity contribution in [2.24, 2.45) is 0 Å². The molecule has 0 unspecified atom stereocenters. The maximum Gasteiger partial charge on any atom is 0.158 e. The van der Waals surface area contributed by atoms with E-state index in [1.165, 1.54) is 6.42 Å². The highest BCUT2D eigenvalue weighted by Gasteiger charge is 2.17. The number of aromatic amines is 1. The number of benzene rings is 1.